The first-order valence-electron chi connectivity index (χ1n) is 6.80. The summed E-state index contributed by atoms with van der Waals surface area (Å²) in [6.45, 7) is 1.02. The summed E-state index contributed by atoms with van der Waals surface area (Å²) in [6.07, 6.45) is 11.8. The molecule has 2 heteroatoms. The summed E-state index contributed by atoms with van der Waals surface area (Å²) in [4.78, 5) is 0. The van der Waals surface area contributed by atoms with Crippen molar-refractivity contribution in [3.05, 3.63) is 29.3 Å². The Morgan fingerprint density at radius 3 is 3.11 bits per heavy atom. The molecular weight excluding hydrogens is 222 g/mol. The molecule has 96 valence electrons. The van der Waals surface area contributed by atoms with E-state index >= 15 is 0 Å². The number of nitrogens with one attached hydrogen (secondary N) is 1. The molecule has 1 unspecified atom stereocenters. The lowest BCUT2D eigenvalue weighted by atomic mass is 9.87. The first-order chi connectivity index (χ1) is 8.81. The van der Waals surface area contributed by atoms with E-state index in [-0.39, 0.29) is 0 Å². The van der Waals surface area contributed by atoms with Crippen molar-refractivity contribution in [2.24, 2.45) is 0 Å². The molecule has 0 bridgehead atoms. The molecule has 0 heterocycles. The van der Waals surface area contributed by atoms with Gasteiger partial charge in [-0.15, -0.1) is 12.3 Å². The standard InChI is InChI=1S/C16H21NO/c1-2-3-4-5-11-17-16-8-6-7-13-12-14(18)9-10-15(13)16/h1,9-10,12,16-18H,3-8,11H2. The molecule has 0 radical (unpaired) electrons. The predicted molar refractivity (Wildman–Crippen MR) is 74.5 cm³/mol. The van der Waals surface area contributed by atoms with Crippen LogP contribution in [-0.4, -0.2) is 11.7 Å². The molecule has 18 heavy (non-hydrogen) atoms. The molecule has 0 saturated heterocycles. The van der Waals surface area contributed by atoms with Crippen molar-refractivity contribution in [2.75, 3.05) is 6.54 Å². The summed E-state index contributed by atoms with van der Waals surface area (Å²) in [5, 5.41) is 13.1. The lowest BCUT2D eigenvalue weighted by Crippen LogP contribution is -2.26. The number of hydrogen-bond acceptors (Lipinski definition) is 2. The van der Waals surface area contributed by atoms with Crippen molar-refractivity contribution < 1.29 is 5.11 Å². The molecular formula is C16H21NO. The molecule has 1 aliphatic rings. The molecule has 2 rings (SSSR count). The number of phenols is 1. The second kappa shape index (κ2) is 6.47. The van der Waals surface area contributed by atoms with Gasteiger partial charge in [0.15, 0.2) is 0 Å². The molecule has 0 aliphatic heterocycles. The Labute approximate surface area is 109 Å². The fraction of sp³-hybridized carbons (Fsp3) is 0.500. The fourth-order valence-corrected chi connectivity index (χ4v) is 2.64. The van der Waals surface area contributed by atoms with E-state index in [0.717, 1.165) is 32.2 Å². The quantitative estimate of drug-likeness (QED) is 0.615. The minimum atomic E-state index is 0.378. The van der Waals surface area contributed by atoms with Crippen molar-refractivity contribution in [1.82, 2.24) is 5.32 Å². The van der Waals surface area contributed by atoms with Gasteiger partial charge in [0.05, 0.1) is 0 Å². The maximum Gasteiger partial charge on any atom is 0.115 e. The highest BCUT2D eigenvalue weighted by molar-refractivity contribution is 5.38. The molecule has 0 fully saturated rings. The minimum absolute atomic E-state index is 0.378. The topological polar surface area (TPSA) is 32.3 Å². The molecule has 0 amide bonds. The van der Waals surface area contributed by atoms with Gasteiger partial charge in [0, 0.05) is 12.5 Å². The van der Waals surface area contributed by atoms with Gasteiger partial charge in [-0.3, -0.25) is 0 Å². The number of aryl methyl sites for hydroxylation is 1. The smallest absolute Gasteiger partial charge is 0.115 e. The molecule has 2 nitrogen and oxygen atoms in total. The number of rotatable bonds is 5. The van der Waals surface area contributed by atoms with Crippen LogP contribution in [0.1, 0.15) is 49.3 Å². The molecule has 1 aromatic carbocycles. The molecule has 0 saturated carbocycles. The van der Waals surface area contributed by atoms with E-state index in [1.54, 1.807) is 6.07 Å². The van der Waals surface area contributed by atoms with E-state index in [1.807, 2.05) is 6.07 Å². The third kappa shape index (κ3) is 3.27. The molecule has 1 atom stereocenters. The maximum atomic E-state index is 9.51. The Morgan fingerprint density at radius 1 is 1.39 bits per heavy atom. The van der Waals surface area contributed by atoms with Gasteiger partial charge in [-0.05, 0) is 61.9 Å². The van der Waals surface area contributed by atoms with Crippen LogP contribution in [0.3, 0.4) is 0 Å². The van der Waals surface area contributed by atoms with Gasteiger partial charge in [-0.25, -0.2) is 0 Å². The van der Waals surface area contributed by atoms with Crippen LogP contribution >= 0.6 is 0 Å². The van der Waals surface area contributed by atoms with E-state index in [2.05, 4.69) is 17.3 Å². The number of hydrogen-bond donors (Lipinski definition) is 2. The molecule has 1 aromatic rings. The summed E-state index contributed by atoms with van der Waals surface area (Å²) in [7, 11) is 0. The van der Waals surface area contributed by atoms with Gasteiger partial charge in [0.1, 0.15) is 5.75 Å². The predicted octanol–water partition coefficient (Wildman–Crippen LogP) is 3.16. The van der Waals surface area contributed by atoms with Gasteiger partial charge in [-0.2, -0.15) is 0 Å². The normalized spacial score (nSPS) is 18.1. The summed E-state index contributed by atoms with van der Waals surface area (Å²) < 4.78 is 0. The monoisotopic (exact) mass is 243 g/mol. The number of benzene rings is 1. The average Bonchev–Trinajstić information content (AvgIpc) is 2.38. The Kier molecular flexibility index (Phi) is 4.66. The Balaban J connectivity index is 1.90. The third-order valence-corrected chi connectivity index (χ3v) is 3.58. The minimum Gasteiger partial charge on any atom is -0.508 e. The average molecular weight is 243 g/mol. The van der Waals surface area contributed by atoms with Crippen LogP contribution in [0.15, 0.2) is 18.2 Å². The largest absolute Gasteiger partial charge is 0.508 e. The molecule has 0 aromatic heterocycles. The second-order valence-corrected chi connectivity index (χ2v) is 4.94. The Bertz CT molecular complexity index is 433. The highest BCUT2D eigenvalue weighted by Gasteiger charge is 2.19. The molecule has 2 N–H and O–H groups in total. The van der Waals surface area contributed by atoms with E-state index in [1.165, 1.54) is 24.0 Å². The zero-order valence-electron chi connectivity index (χ0n) is 10.8. The van der Waals surface area contributed by atoms with Crippen molar-refractivity contribution in [3.8, 4) is 18.1 Å². The number of fused-ring (bicyclic) bond motifs is 1. The van der Waals surface area contributed by atoms with E-state index < -0.39 is 0 Å². The number of aromatic hydroxyl groups is 1. The van der Waals surface area contributed by atoms with Gasteiger partial charge in [-0.1, -0.05) is 6.07 Å². The molecule has 0 spiro atoms. The Hall–Kier alpha value is -1.46. The second-order valence-electron chi connectivity index (χ2n) is 4.94. The Morgan fingerprint density at radius 2 is 2.28 bits per heavy atom. The van der Waals surface area contributed by atoms with E-state index in [0.29, 0.717) is 11.8 Å². The third-order valence-electron chi connectivity index (χ3n) is 3.58. The van der Waals surface area contributed by atoms with Crippen molar-refractivity contribution >= 4 is 0 Å². The van der Waals surface area contributed by atoms with Crippen molar-refractivity contribution in [2.45, 2.75) is 44.6 Å². The van der Waals surface area contributed by atoms with Gasteiger partial charge in [0.2, 0.25) is 0 Å². The van der Waals surface area contributed by atoms with Crippen LogP contribution in [0, 0.1) is 12.3 Å². The fourth-order valence-electron chi connectivity index (χ4n) is 2.64. The summed E-state index contributed by atoms with van der Waals surface area (Å²) >= 11 is 0. The van der Waals surface area contributed by atoms with Crippen LogP contribution in [0.2, 0.25) is 0 Å². The highest BCUT2D eigenvalue weighted by atomic mass is 16.3. The summed E-state index contributed by atoms with van der Waals surface area (Å²) in [5.74, 6) is 3.05. The first kappa shape index (κ1) is 13.0. The van der Waals surface area contributed by atoms with Crippen molar-refractivity contribution in [1.29, 1.82) is 0 Å². The maximum absolute atomic E-state index is 9.51. The van der Waals surface area contributed by atoms with Crippen LogP contribution < -0.4 is 5.32 Å². The van der Waals surface area contributed by atoms with E-state index in [4.69, 9.17) is 6.42 Å². The van der Waals surface area contributed by atoms with E-state index in [9.17, 15) is 5.11 Å². The zero-order chi connectivity index (χ0) is 12.8. The van der Waals surface area contributed by atoms with Crippen LogP contribution in [0.5, 0.6) is 5.75 Å². The summed E-state index contributed by atoms with van der Waals surface area (Å²) in [6, 6.07) is 6.20. The van der Waals surface area contributed by atoms with Gasteiger partial charge < -0.3 is 10.4 Å². The first-order valence-corrected chi connectivity index (χ1v) is 6.80. The zero-order valence-corrected chi connectivity index (χ0v) is 10.8. The van der Waals surface area contributed by atoms with Crippen molar-refractivity contribution in [3.63, 3.8) is 0 Å². The number of unbranched alkanes of at least 4 members (excludes halogenated alkanes) is 2. The van der Waals surface area contributed by atoms with Crippen LogP contribution in [0.25, 0.3) is 0 Å². The van der Waals surface area contributed by atoms with Crippen LogP contribution in [0.4, 0.5) is 0 Å². The SMILES string of the molecule is C#CCCCCNC1CCCc2cc(O)ccc21. The number of terminal acetylenes is 1. The number of phenolic OH excluding ortho intramolecular Hbond substituents is 1. The van der Waals surface area contributed by atoms with Gasteiger partial charge in [0.25, 0.3) is 0 Å². The van der Waals surface area contributed by atoms with Crippen LogP contribution in [-0.2, 0) is 6.42 Å². The highest BCUT2D eigenvalue weighted by Crippen LogP contribution is 2.31. The van der Waals surface area contributed by atoms with Gasteiger partial charge >= 0.3 is 0 Å². The molecule has 1 aliphatic carbocycles. The summed E-state index contributed by atoms with van der Waals surface area (Å²) in [5.41, 5.74) is 2.65. The lowest BCUT2D eigenvalue weighted by Gasteiger charge is -2.26. The lowest BCUT2D eigenvalue weighted by molar-refractivity contribution is 0.445.